The molecule has 1 amide bonds. The minimum absolute atomic E-state index is 0.00312. The van der Waals surface area contributed by atoms with Gasteiger partial charge in [-0.1, -0.05) is 17.3 Å². The maximum absolute atomic E-state index is 14.2. The van der Waals surface area contributed by atoms with Crippen molar-refractivity contribution in [1.29, 1.82) is 0 Å². The Bertz CT molecular complexity index is 1140. The van der Waals surface area contributed by atoms with Gasteiger partial charge < -0.3 is 15.2 Å². The van der Waals surface area contributed by atoms with Crippen LogP contribution in [0.3, 0.4) is 0 Å². The minimum atomic E-state index is -4.62. The Morgan fingerprint density at radius 3 is 2.33 bits per heavy atom. The maximum atomic E-state index is 14.2. The number of hydrogen-bond donors (Lipinski definition) is 2. The molecule has 0 aliphatic carbocycles. The molecule has 1 heterocycles. The first-order valence-electron chi connectivity index (χ1n) is 9.22. The van der Waals surface area contributed by atoms with Crippen molar-refractivity contribution in [3.8, 4) is 11.4 Å². The van der Waals surface area contributed by atoms with E-state index in [0.717, 1.165) is 24.3 Å². The Kier molecular flexibility index (Phi) is 6.60. The van der Waals surface area contributed by atoms with Crippen molar-refractivity contribution in [3.63, 3.8) is 0 Å². The Hall–Kier alpha value is -3.64. The number of aromatic nitrogens is 2. The van der Waals surface area contributed by atoms with Crippen LogP contribution in [0.5, 0.6) is 0 Å². The molecule has 13 heteroatoms. The molecule has 0 saturated carbocycles. The van der Waals surface area contributed by atoms with Crippen LogP contribution in [-0.4, -0.2) is 28.8 Å². The van der Waals surface area contributed by atoms with Gasteiger partial charge >= 0.3 is 12.4 Å². The molecule has 1 aromatic heterocycles. The van der Waals surface area contributed by atoms with Crippen LogP contribution >= 0.6 is 0 Å². The van der Waals surface area contributed by atoms with Gasteiger partial charge in [0.05, 0.1) is 12.1 Å². The Labute approximate surface area is 181 Å². The summed E-state index contributed by atoms with van der Waals surface area (Å²) in [6.07, 6.45) is -9.11. The molecule has 0 atom stereocenters. The topological polar surface area (TPSA) is 80.0 Å². The van der Waals surface area contributed by atoms with Crippen LogP contribution < -0.4 is 10.6 Å². The number of carbonyl (C=O) groups excluding carboxylic acids is 1. The smallest absolute Gasteiger partial charge is 0.376 e. The summed E-state index contributed by atoms with van der Waals surface area (Å²) in [7, 11) is 0. The summed E-state index contributed by atoms with van der Waals surface area (Å²) in [4.78, 5) is 15.9. The van der Waals surface area contributed by atoms with Crippen LogP contribution in [0, 0.1) is 12.7 Å². The lowest BCUT2D eigenvalue weighted by Crippen LogP contribution is -2.33. The summed E-state index contributed by atoms with van der Waals surface area (Å²) in [5.74, 6) is -1.93. The molecule has 0 fully saturated rings. The van der Waals surface area contributed by atoms with E-state index < -0.39 is 36.2 Å². The monoisotopic (exact) mass is 476 g/mol. The Morgan fingerprint density at radius 1 is 1.06 bits per heavy atom. The van der Waals surface area contributed by atoms with Crippen molar-refractivity contribution in [2.75, 3.05) is 11.9 Å². The number of alkyl halides is 6. The van der Waals surface area contributed by atoms with Crippen LogP contribution in [0.15, 0.2) is 40.9 Å². The van der Waals surface area contributed by atoms with Crippen molar-refractivity contribution in [3.05, 3.63) is 64.8 Å². The number of amides is 1. The molecule has 0 spiro atoms. The highest BCUT2D eigenvalue weighted by Crippen LogP contribution is 2.30. The van der Waals surface area contributed by atoms with E-state index in [9.17, 15) is 35.5 Å². The molecular formula is C20H15F7N4O2. The van der Waals surface area contributed by atoms with E-state index in [0.29, 0.717) is 0 Å². The van der Waals surface area contributed by atoms with Crippen molar-refractivity contribution >= 4 is 11.6 Å². The number of anilines is 1. The predicted molar refractivity (Wildman–Crippen MR) is 102 cm³/mol. The van der Waals surface area contributed by atoms with Gasteiger partial charge in [-0.05, 0) is 31.2 Å². The lowest BCUT2D eigenvalue weighted by molar-refractivity contribution is -0.137. The lowest BCUT2D eigenvalue weighted by Gasteiger charge is -2.12. The van der Waals surface area contributed by atoms with E-state index in [1.807, 2.05) is 0 Å². The summed E-state index contributed by atoms with van der Waals surface area (Å²) >= 11 is 0. The van der Waals surface area contributed by atoms with E-state index in [4.69, 9.17) is 4.52 Å². The van der Waals surface area contributed by atoms with Crippen molar-refractivity contribution < 1.29 is 40.1 Å². The summed E-state index contributed by atoms with van der Waals surface area (Å²) in [5.41, 5.74) is -0.719. The van der Waals surface area contributed by atoms with Gasteiger partial charge in [-0.2, -0.15) is 31.3 Å². The molecule has 3 aromatic rings. The number of benzene rings is 2. The number of hydrogen-bond acceptors (Lipinski definition) is 5. The first-order chi connectivity index (χ1) is 15.3. The second-order valence-electron chi connectivity index (χ2n) is 6.87. The average Bonchev–Trinajstić information content (AvgIpc) is 3.21. The van der Waals surface area contributed by atoms with Gasteiger partial charge in [-0.3, -0.25) is 4.79 Å². The van der Waals surface area contributed by atoms with Crippen LogP contribution in [0.1, 0.15) is 27.4 Å². The molecule has 0 aliphatic rings. The van der Waals surface area contributed by atoms with E-state index in [1.165, 1.54) is 19.1 Å². The number of halogens is 7. The highest BCUT2D eigenvalue weighted by atomic mass is 19.4. The predicted octanol–water partition coefficient (Wildman–Crippen LogP) is 5.11. The molecule has 0 radical (unpaired) electrons. The van der Waals surface area contributed by atoms with Crippen LogP contribution in [0.4, 0.5) is 36.4 Å². The molecule has 2 aromatic carbocycles. The summed E-state index contributed by atoms with van der Waals surface area (Å²) in [6.45, 7) is -0.336. The fraction of sp³-hybridized carbons (Fsp3) is 0.250. The summed E-state index contributed by atoms with van der Waals surface area (Å²) in [5, 5.41) is 8.07. The van der Waals surface area contributed by atoms with Crippen LogP contribution in [-0.2, 0) is 12.7 Å². The highest BCUT2D eigenvalue weighted by molar-refractivity contribution is 5.95. The van der Waals surface area contributed by atoms with E-state index in [2.05, 4.69) is 15.5 Å². The van der Waals surface area contributed by atoms with Gasteiger partial charge in [-0.25, -0.2) is 4.39 Å². The number of nitrogens with one attached hydrogen (secondary N) is 2. The number of rotatable bonds is 6. The largest absolute Gasteiger partial charge is 0.416 e. The van der Waals surface area contributed by atoms with Gasteiger partial charge in [-0.15, -0.1) is 0 Å². The highest BCUT2D eigenvalue weighted by Gasteiger charge is 2.30. The van der Waals surface area contributed by atoms with Crippen molar-refractivity contribution in [2.24, 2.45) is 0 Å². The average molecular weight is 476 g/mol. The van der Waals surface area contributed by atoms with Gasteiger partial charge in [0, 0.05) is 22.4 Å². The summed E-state index contributed by atoms with van der Waals surface area (Å²) in [6, 6.07) is 6.05. The van der Waals surface area contributed by atoms with Gasteiger partial charge in [0.1, 0.15) is 12.4 Å². The van der Waals surface area contributed by atoms with Crippen LogP contribution in [0.25, 0.3) is 11.4 Å². The summed E-state index contributed by atoms with van der Waals surface area (Å²) < 4.78 is 94.0. The fourth-order valence-corrected chi connectivity index (χ4v) is 2.70. The molecular weight excluding hydrogens is 461 g/mol. The SMILES string of the molecule is Cc1c(F)cc(C(=O)NCC(F)(F)F)cc1NCc1nc(-c2ccc(C(F)(F)F)cc2)no1. The van der Waals surface area contributed by atoms with Gasteiger partial charge in [0.2, 0.25) is 11.7 Å². The molecule has 33 heavy (non-hydrogen) atoms. The third kappa shape index (κ3) is 6.20. The van der Waals surface area contributed by atoms with Gasteiger partial charge in [0.25, 0.3) is 5.91 Å². The second kappa shape index (κ2) is 9.08. The number of nitrogens with zero attached hydrogens (tertiary/aromatic N) is 2. The first-order valence-corrected chi connectivity index (χ1v) is 9.22. The minimum Gasteiger partial charge on any atom is -0.376 e. The zero-order chi connectivity index (χ0) is 24.4. The fourth-order valence-electron chi connectivity index (χ4n) is 2.70. The van der Waals surface area contributed by atoms with E-state index >= 15 is 0 Å². The van der Waals surface area contributed by atoms with Crippen LogP contribution in [0.2, 0.25) is 0 Å². The lowest BCUT2D eigenvalue weighted by atomic mass is 10.1. The van der Waals surface area contributed by atoms with Gasteiger partial charge in [0.15, 0.2) is 0 Å². The molecule has 176 valence electrons. The molecule has 2 N–H and O–H groups in total. The zero-order valence-corrected chi connectivity index (χ0v) is 16.7. The molecule has 0 unspecified atom stereocenters. The third-order valence-electron chi connectivity index (χ3n) is 4.42. The van der Waals surface area contributed by atoms with Crippen molar-refractivity contribution in [1.82, 2.24) is 15.5 Å². The molecule has 0 aliphatic heterocycles. The number of carbonyl (C=O) groups is 1. The van der Waals surface area contributed by atoms with E-state index in [1.54, 1.807) is 5.32 Å². The van der Waals surface area contributed by atoms with Crippen molar-refractivity contribution in [2.45, 2.75) is 25.8 Å². The second-order valence-corrected chi connectivity index (χ2v) is 6.87. The molecule has 6 nitrogen and oxygen atoms in total. The molecule has 0 saturated heterocycles. The Balaban J connectivity index is 1.71. The Morgan fingerprint density at radius 2 is 1.73 bits per heavy atom. The first kappa shape index (κ1) is 24.0. The molecule has 3 rings (SSSR count). The standard InChI is InChI=1S/C20H15F7N4O2/c1-10-14(21)6-12(18(32)29-9-19(22,23)24)7-15(10)28-8-16-30-17(31-33-16)11-2-4-13(5-3-11)20(25,26)27/h2-7,28H,8-9H2,1H3,(H,29,32). The quantitative estimate of drug-likeness (QED) is 0.484. The third-order valence-corrected chi connectivity index (χ3v) is 4.42. The normalized spacial score (nSPS) is 12.0. The maximum Gasteiger partial charge on any atom is 0.416 e. The zero-order valence-electron chi connectivity index (χ0n) is 16.7. The molecule has 0 bridgehead atoms. The van der Waals surface area contributed by atoms with E-state index in [-0.39, 0.29) is 40.6 Å².